The van der Waals surface area contributed by atoms with Crippen LogP contribution in [0.3, 0.4) is 0 Å². The Kier molecular flexibility index (Phi) is 6.29. The van der Waals surface area contributed by atoms with Gasteiger partial charge in [0.05, 0.1) is 12.6 Å². The van der Waals surface area contributed by atoms with E-state index in [0.717, 1.165) is 31.2 Å². The molecule has 1 aromatic rings. The van der Waals surface area contributed by atoms with E-state index in [1.165, 1.54) is 0 Å². The molecule has 0 saturated heterocycles. The van der Waals surface area contributed by atoms with Crippen molar-refractivity contribution in [2.24, 2.45) is 5.92 Å². The number of carbonyl (C=O) groups excluding carboxylic acids is 1. The summed E-state index contributed by atoms with van der Waals surface area (Å²) in [5.74, 6) is 6.14. The molecule has 0 radical (unpaired) electrons. The summed E-state index contributed by atoms with van der Waals surface area (Å²) in [5, 5.41) is 12.7. The zero-order valence-electron chi connectivity index (χ0n) is 13.1. The highest BCUT2D eigenvalue weighted by Crippen LogP contribution is 2.24. The first-order valence-electron chi connectivity index (χ1n) is 7.88. The van der Waals surface area contributed by atoms with Gasteiger partial charge in [0.25, 0.3) is 0 Å². The van der Waals surface area contributed by atoms with Crippen LogP contribution in [0, 0.1) is 17.8 Å². The molecule has 1 saturated carbocycles. The Morgan fingerprint density at radius 1 is 1.32 bits per heavy atom. The first kappa shape index (κ1) is 16.4. The third kappa shape index (κ3) is 5.09. The minimum atomic E-state index is -0.276. The van der Waals surface area contributed by atoms with Crippen LogP contribution in [-0.2, 0) is 0 Å². The Hall–Kier alpha value is -1.99. The van der Waals surface area contributed by atoms with Crippen molar-refractivity contribution in [2.75, 3.05) is 20.1 Å². The Labute approximate surface area is 132 Å². The Morgan fingerprint density at radius 3 is 2.77 bits per heavy atom. The number of rotatable bonds is 3. The van der Waals surface area contributed by atoms with E-state index in [0.29, 0.717) is 13.1 Å². The summed E-state index contributed by atoms with van der Waals surface area (Å²) < 4.78 is 0. The largest absolute Gasteiger partial charge is 0.393 e. The SMILES string of the molecule is CN(C[C@@H]1CCCC[C@@H]1O)C(=O)NCC#Cc1ccccc1. The van der Waals surface area contributed by atoms with Gasteiger partial charge in [0.15, 0.2) is 0 Å². The van der Waals surface area contributed by atoms with Crippen molar-refractivity contribution in [3.8, 4) is 11.8 Å². The lowest BCUT2D eigenvalue weighted by atomic mass is 9.86. The molecule has 0 heterocycles. The fraction of sp³-hybridized carbons (Fsp3) is 0.500. The van der Waals surface area contributed by atoms with Gasteiger partial charge in [0, 0.05) is 25.1 Å². The van der Waals surface area contributed by atoms with E-state index >= 15 is 0 Å². The molecule has 1 aromatic carbocycles. The molecule has 22 heavy (non-hydrogen) atoms. The summed E-state index contributed by atoms with van der Waals surface area (Å²) in [7, 11) is 1.77. The fourth-order valence-corrected chi connectivity index (χ4v) is 2.76. The van der Waals surface area contributed by atoms with Crippen molar-refractivity contribution in [1.29, 1.82) is 0 Å². The number of hydrogen-bond acceptors (Lipinski definition) is 2. The minimum absolute atomic E-state index is 0.139. The molecule has 2 rings (SSSR count). The van der Waals surface area contributed by atoms with Crippen molar-refractivity contribution in [2.45, 2.75) is 31.8 Å². The highest BCUT2D eigenvalue weighted by atomic mass is 16.3. The summed E-state index contributed by atoms with van der Waals surface area (Å²) >= 11 is 0. The van der Waals surface area contributed by atoms with Crippen LogP contribution >= 0.6 is 0 Å². The van der Waals surface area contributed by atoms with Crippen LogP contribution in [0.2, 0.25) is 0 Å². The highest BCUT2D eigenvalue weighted by Gasteiger charge is 2.25. The smallest absolute Gasteiger partial charge is 0.317 e. The molecule has 2 amide bonds. The van der Waals surface area contributed by atoms with Crippen LogP contribution in [0.4, 0.5) is 4.79 Å². The molecular weight excluding hydrogens is 276 g/mol. The van der Waals surface area contributed by atoms with E-state index in [1.807, 2.05) is 30.3 Å². The summed E-state index contributed by atoms with van der Waals surface area (Å²) in [6.45, 7) is 0.921. The second-order valence-electron chi connectivity index (χ2n) is 5.82. The minimum Gasteiger partial charge on any atom is -0.393 e. The summed E-state index contributed by atoms with van der Waals surface area (Å²) in [4.78, 5) is 13.6. The number of nitrogens with one attached hydrogen (secondary N) is 1. The maximum Gasteiger partial charge on any atom is 0.317 e. The normalized spacial score (nSPS) is 20.6. The lowest BCUT2D eigenvalue weighted by Gasteiger charge is -2.31. The van der Waals surface area contributed by atoms with Crippen LogP contribution in [0.1, 0.15) is 31.2 Å². The van der Waals surface area contributed by atoms with Gasteiger partial charge in [0.2, 0.25) is 0 Å². The van der Waals surface area contributed by atoms with Gasteiger partial charge < -0.3 is 15.3 Å². The summed E-state index contributed by atoms with van der Waals surface area (Å²) in [6.07, 6.45) is 3.79. The molecule has 1 fully saturated rings. The zero-order valence-corrected chi connectivity index (χ0v) is 13.1. The average molecular weight is 300 g/mol. The standard InChI is InChI=1S/C18H24N2O2/c1-20(14-16-11-5-6-12-17(16)21)18(22)19-13-7-10-15-8-3-2-4-9-15/h2-4,8-9,16-17,21H,5-6,11-14H2,1H3,(H,19,22)/t16-,17-/m0/s1. The number of urea groups is 1. The molecule has 0 aliphatic heterocycles. The van der Waals surface area contributed by atoms with Gasteiger partial charge in [-0.05, 0) is 25.0 Å². The van der Waals surface area contributed by atoms with Gasteiger partial charge in [-0.3, -0.25) is 0 Å². The molecule has 1 aliphatic carbocycles. The monoisotopic (exact) mass is 300 g/mol. The van der Waals surface area contributed by atoms with Crippen molar-refractivity contribution in [1.82, 2.24) is 10.2 Å². The van der Waals surface area contributed by atoms with Gasteiger partial charge in [-0.1, -0.05) is 42.9 Å². The van der Waals surface area contributed by atoms with Crippen LogP contribution in [0.25, 0.3) is 0 Å². The molecule has 4 heteroatoms. The predicted molar refractivity (Wildman–Crippen MR) is 87.3 cm³/mol. The van der Waals surface area contributed by atoms with Crippen molar-refractivity contribution >= 4 is 6.03 Å². The molecule has 1 aliphatic rings. The van der Waals surface area contributed by atoms with Crippen molar-refractivity contribution in [3.05, 3.63) is 35.9 Å². The predicted octanol–water partition coefficient (Wildman–Crippen LogP) is 2.23. The van der Waals surface area contributed by atoms with Gasteiger partial charge in [0.1, 0.15) is 0 Å². The maximum atomic E-state index is 12.0. The number of hydrogen-bond donors (Lipinski definition) is 2. The maximum absolute atomic E-state index is 12.0. The highest BCUT2D eigenvalue weighted by molar-refractivity contribution is 5.74. The first-order chi connectivity index (χ1) is 10.7. The van der Waals surface area contributed by atoms with Crippen LogP contribution in [0.15, 0.2) is 30.3 Å². The Bertz CT molecular complexity index is 533. The van der Waals surface area contributed by atoms with Crippen LogP contribution < -0.4 is 5.32 Å². The molecule has 118 valence electrons. The summed E-state index contributed by atoms with van der Waals surface area (Å²) in [5.41, 5.74) is 0.940. The number of aliphatic hydroxyl groups excluding tert-OH is 1. The van der Waals surface area contributed by atoms with E-state index in [1.54, 1.807) is 11.9 Å². The first-order valence-corrected chi connectivity index (χ1v) is 7.88. The van der Waals surface area contributed by atoms with Crippen LogP contribution in [0.5, 0.6) is 0 Å². The van der Waals surface area contributed by atoms with Gasteiger partial charge in [-0.25, -0.2) is 4.79 Å². The molecule has 2 N–H and O–H groups in total. The summed E-state index contributed by atoms with van der Waals surface area (Å²) in [6, 6.07) is 9.55. The fourth-order valence-electron chi connectivity index (χ4n) is 2.76. The molecular formula is C18H24N2O2. The second kappa shape index (κ2) is 8.45. The number of benzene rings is 1. The van der Waals surface area contributed by atoms with Crippen molar-refractivity contribution < 1.29 is 9.90 Å². The quantitative estimate of drug-likeness (QED) is 0.841. The number of nitrogens with zero attached hydrogens (tertiary/aromatic N) is 1. The topological polar surface area (TPSA) is 52.6 Å². The molecule has 4 nitrogen and oxygen atoms in total. The van der Waals surface area contributed by atoms with E-state index in [4.69, 9.17) is 0 Å². The molecule has 0 spiro atoms. The molecule has 2 atom stereocenters. The van der Waals surface area contributed by atoms with E-state index in [9.17, 15) is 9.90 Å². The molecule has 0 unspecified atom stereocenters. The zero-order chi connectivity index (χ0) is 15.8. The van der Waals surface area contributed by atoms with Gasteiger partial charge in [-0.2, -0.15) is 0 Å². The lowest BCUT2D eigenvalue weighted by molar-refractivity contribution is 0.0566. The number of carbonyl (C=O) groups is 1. The molecule has 0 aromatic heterocycles. The van der Waals surface area contributed by atoms with Gasteiger partial charge in [-0.15, -0.1) is 0 Å². The van der Waals surface area contributed by atoms with Crippen LogP contribution in [-0.4, -0.2) is 42.3 Å². The Morgan fingerprint density at radius 2 is 2.05 bits per heavy atom. The second-order valence-corrected chi connectivity index (χ2v) is 5.82. The average Bonchev–Trinajstić information content (AvgIpc) is 2.54. The van der Waals surface area contributed by atoms with E-state index < -0.39 is 0 Å². The Balaban J connectivity index is 1.73. The lowest BCUT2D eigenvalue weighted by Crippen LogP contribution is -2.43. The van der Waals surface area contributed by atoms with Crippen molar-refractivity contribution in [3.63, 3.8) is 0 Å². The van der Waals surface area contributed by atoms with E-state index in [-0.39, 0.29) is 18.1 Å². The van der Waals surface area contributed by atoms with E-state index in [2.05, 4.69) is 17.2 Å². The molecule has 0 bridgehead atoms. The third-order valence-corrected chi connectivity index (χ3v) is 4.06. The number of aliphatic hydroxyl groups is 1. The van der Waals surface area contributed by atoms with Gasteiger partial charge >= 0.3 is 6.03 Å². The number of amides is 2. The third-order valence-electron chi connectivity index (χ3n) is 4.06.